The standard InChI is InChI=1S/C11H17NO3/c1-7(2)15-6-10-9(5-13)4-12-8(3)11(10)14/h4,7,13-14H,5-6H2,1-3H3. The second kappa shape index (κ2) is 5.09. The molecular weight excluding hydrogens is 194 g/mol. The quantitative estimate of drug-likeness (QED) is 0.792. The average Bonchev–Trinajstić information content (AvgIpc) is 2.20. The highest BCUT2D eigenvalue weighted by molar-refractivity contribution is 5.40. The smallest absolute Gasteiger partial charge is 0.142 e. The van der Waals surface area contributed by atoms with Gasteiger partial charge in [-0.05, 0) is 20.8 Å². The number of aromatic nitrogens is 1. The number of aliphatic hydroxyl groups is 1. The lowest BCUT2D eigenvalue weighted by molar-refractivity contribution is 0.0632. The Kier molecular flexibility index (Phi) is 4.05. The van der Waals surface area contributed by atoms with E-state index in [0.717, 1.165) is 0 Å². The van der Waals surface area contributed by atoms with Crippen LogP contribution in [0.4, 0.5) is 0 Å². The van der Waals surface area contributed by atoms with Crippen LogP contribution in [0.5, 0.6) is 5.75 Å². The Morgan fingerprint density at radius 3 is 2.67 bits per heavy atom. The van der Waals surface area contributed by atoms with Crippen molar-refractivity contribution in [2.75, 3.05) is 0 Å². The van der Waals surface area contributed by atoms with Gasteiger partial charge in [-0.3, -0.25) is 4.98 Å². The van der Waals surface area contributed by atoms with Gasteiger partial charge in [0.05, 0.1) is 25.0 Å². The molecule has 0 fully saturated rings. The molecule has 0 aliphatic heterocycles. The summed E-state index contributed by atoms with van der Waals surface area (Å²) in [6.45, 7) is 5.71. The van der Waals surface area contributed by atoms with Crippen molar-refractivity contribution in [3.8, 4) is 5.75 Å². The Morgan fingerprint density at radius 1 is 1.47 bits per heavy atom. The molecule has 0 aromatic carbocycles. The molecule has 0 bridgehead atoms. The van der Waals surface area contributed by atoms with E-state index in [0.29, 0.717) is 23.4 Å². The second-order valence-electron chi connectivity index (χ2n) is 3.71. The Labute approximate surface area is 89.5 Å². The fraction of sp³-hybridized carbons (Fsp3) is 0.545. The molecule has 0 atom stereocenters. The van der Waals surface area contributed by atoms with Crippen molar-refractivity contribution in [3.05, 3.63) is 23.0 Å². The Morgan fingerprint density at radius 2 is 2.13 bits per heavy atom. The van der Waals surface area contributed by atoms with Crippen LogP contribution in [0.2, 0.25) is 0 Å². The maximum absolute atomic E-state index is 9.77. The fourth-order valence-electron chi connectivity index (χ4n) is 1.23. The number of rotatable bonds is 4. The topological polar surface area (TPSA) is 62.6 Å². The molecule has 15 heavy (non-hydrogen) atoms. The van der Waals surface area contributed by atoms with Crippen LogP contribution in [0.3, 0.4) is 0 Å². The van der Waals surface area contributed by atoms with E-state index >= 15 is 0 Å². The van der Waals surface area contributed by atoms with Crippen LogP contribution in [-0.2, 0) is 18.0 Å². The molecule has 0 aliphatic carbocycles. The van der Waals surface area contributed by atoms with Crippen LogP contribution in [-0.4, -0.2) is 21.3 Å². The highest BCUT2D eigenvalue weighted by atomic mass is 16.5. The first-order valence-corrected chi connectivity index (χ1v) is 4.95. The van der Waals surface area contributed by atoms with Gasteiger partial charge in [0.25, 0.3) is 0 Å². The van der Waals surface area contributed by atoms with Crippen molar-refractivity contribution in [3.63, 3.8) is 0 Å². The van der Waals surface area contributed by atoms with Gasteiger partial charge in [-0.15, -0.1) is 0 Å². The molecule has 0 unspecified atom stereocenters. The Bertz CT molecular complexity index is 337. The number of hydrogen-bond acceptors (Lipinski definition) is 4. The first-order valence-electron chi connectivity index (χ1n) is 4.95. The van der Waals surface area contributed by atoms with E-state index in [4.69, 9.17) is 9.84 Å². The molecule has 0 spiro atoms. The van der Waals surface area contributed by atoms with Crippen LogP contribution in [0.25, 0.3) is 0 Å². The summed E-state index contributed by atoms with van der Waals surface area (Å²) in [5.41, 5.74) is 1.78. The average molecular weight is 211 g/mol. The van der Waals surface area contributed by atoms with Gasteiger partial charge >= 0.3 is 0 Å². The Balaban J connectivity index is 2.96. The summed E-state index contributed by atoms with van der Waals surface area (Å²) in [7, 11) is 0. The Hall–Kier alpha value is -1.13. The summed E-state index contributed by atoms with van der Waals surface area (Å²) in [4.78, 5) is 3.97. The fourth-order valence-corrected chi connectivity index (χ4v) is 1.23. The molecule has 0 saturated carbocycles. The summed E-state index contributed by atoms with van der Waals surface area (Å²) < 4.78 is 5.41. The third kappa shape index (κ3) is 2.91. The van der Waals surface area contributed by atoms with E-state index in [-0.39, 0.29) is 18.5 Å². The van der Waals surface area contributed by atoms with Gasteiger partial charge in [-0.1, -0.05) is 0 Å². The predicted molar refractivity (Wildman–Crippen MR) is 56.5 cm³/mol. The molecule has 4 heteroatoms. The lowest BCUT2D eigenvalue weighted by atomic mass is 10.1. The minimum absolute atomic E-state index is 0.0874. The first-order chi connectivity index (χ1) is 7.06. The third-order valence-electron chi connectivity index (χ3n) is 2.16. The van der Waals surface area contributed by atoms with Crippen molar-refractivity contribution in [1.29, 1.82) is 0 Å². The molecule has 4 nitrogen and oxygen atoms in total. The first kappa shape index (κ1) is 11.9. The van der Waals surface area contributed by atoms with E-state index in [2.05, 4.69) is 4.98 Å². The molecule has 1 aromatic heterocycles. The van der Waals surface area contributed by atoms with Crippen LogP contribution in [0, 0.1) is 6.92 Å². The molecule has 0 aliphatic rings. The molecule has 1 aromatic rings. The van der Waals surface area contributed by atoms with E-state index < -0.39 is 0 Å². The summed E-state index contributed by atoms with van der Waals surface area (Å²) in [6.07, 6.45) is 1.65. The lowest BCUT2D eigenvalue weighted by Crippen LogP contribution is -2.06. The summed E-state index contributed by atoms with van der Waals surface area (Å²) in [5.74, 6) is 0.113. The van der Waals surface area contributed by atoms with Crippen LogP contribution >= 0.6 is 0 Å². The number of ether oxygens (including phenoxy) is 1. The van der Waals surface area contributed by atoms with Gasteiger partial charge in [0, 0.05) is 17.3 Å². The lowest BCUT2D eigenvalue weighted by Gasteiger charge is -2.13. The zero-order chi connectivity index (χ0) is 11.4. The van der Waals surface area contributed by atoms with Gasteiger partial charge in [0.1, 0.15) is 5.75 Å². The van der Waals surface area contributed by atoms with E-state index in [1.165, 1.54) is 0 Å². The molecule has 1 rings (SSSR count). The highest BCUT2D eigenvalue weighted by Gasteiger charge is 2.11. The van der Waals surface area contributed by atoms with Gasteiger partial charge in [0.2, 0.25) is 0 Å². The maximum Gasteiger partial charge on any atom is 0.142 e. The molecule has 1 heterocycles. The van der Waals surface area contributed by atoms with Gasteiger partial charge in [-0.2, -0.15) is 0 Å². The van der Waals surface area contributed by atoms with Crippen molar-refractivity contribution in [2.45, 2.75) is 40.1 Å². The largest absolute Gasteiger partial charge is 0.506 e. The number of nitrogens with zero attached hydrogens (tertiary/aromatic N) is 1. The van der Waals surface area contributed by atoms with Crippen molar-refractivity contribution < 1.29 is 14.9 Å². The monoisotopic (exact) mass is 211 g/mol. The number of aliphatic hydroxyl groups excluding tert-OH is 1. The number of aromatic hydroxyl groups is 1. The van der Waals surface area contributed by atoms with Crippen LogP contribution < -0.4 is 0 Å². The van der Waals surface area contributed by atoms with Crippen LogP contribution in [0.1, 0.15) is 30.7 Å². The van der Waals surface area contributed by atoms with Crippen molar-refractivity contribution >= 4 is 0 Å². The minimum Gasteiger partial charge on any atom is -0.506 e. The zero-order valence-corrected chi connectivity index (χ0v) is 9.32. The number of pyridine rings is 1. The van der Waals surface area contributed by atoms with Gasteiger partial charge in [0.15, 0.2) is 0 Å². The van der Waals surface area contributed by atoms with E-state index in [1.54, 1.807) is 13.1 Å². The highest BCUT2D eigenvalue weighted by Crippen LogP contribution is 2.24. The SMILES string of the molecule is Cc1ncc(CO)c(COC(C)C)c1O. The summed E-state index contributed by atoms with van der Waals surface area (Å²) in [6, 6.07) is 0. The van der Waals surface area contributed by atoms with Gasteiger partial charge in [-0.25, -0.2) is 0 Å². The molecular formula is C11H17NO3. The number of hydrogen-bond donors (Lipinski definition) is 2. The van der Waals surface area contributed by atoms with E-state index in [1.807, 2.05) is 13.8 Å². The summed E-state index contributed by atoms with van der Waals surface area (Å²) >= 11 is 0. The van der Waals surface area contributed by atoms with E-state index in [9.17, 15) is 5.11 Å². The molecule has 0 saturated heterocycles. The molecule has 2 N–H and O–H groups in total. The molecule has 0 amide bonds. The van der Waals surface area contributed by atoms with Crippen LogP contribution in [0.15, 0.2) is 6.20 Å². The molecule has 84 valence electrons. The maximum atomic E-state index is 9.77. The predicted octanol–water partition coefficient (Wildman–Crippen LogP) is 1.51. The number of aryl methyl sites for hydroxylation is 1. The normalized spacial score (nSPS) is 11.0. The second-order valence-corrected chi connectivity index (χ2v) is 3.71. The zero-order valence-electron chi connectivity index (χ0n) is 9.32. The summed E-state index contributed by atoms with van der Waals surface area (Å²) in [5, 5.41) is 18.9. The van der Waals surface area contributed by atoms with Crippen molar-refractivity contribution in [1.82, 2.24) is 4.98 Å². The molecule has 0 radical (unpaired) electrons. The minimum atomic E-state index is -0.141. The van der Waals surface area contributed by atoms with Gasteiger partial charge < -0.3 is 14.9 Å². The van der Waals surface area contributed by atoms with Crippen molar-refractivity contribution in [2.24, 2.45) is 0 Å². The third-order valence-corrected chi connectivity index (χ3v) is 2.16.